The molecule has 3 N–H and O–H groups in total. The Hall–Kier alpha value is -1.82. The highest BCUT2D eigenvalue weighted by atomic mass is 16.6. The third-order valence-electron chi connectivity index (χ3n) is 3.70. The molecule has 1 saturated carbocycles. The van der Waals surface area contributed by atoms with Gasteiger partial charge in [0.2, 0.25) is 0 Å². The minimum Gasteiger partial charge on any atom is -0.494 e. The van der Waals surface area contributed by atoms with Crippen molar-refractivity contribution in [3.8, 4) is 5.75 Å². The Morgan fingerprint density at radius 3 is 2.95 bits per heavy atom. The van der Waals surface area contributed by atoms with E-state index >= 15 is 0 Å². The Bertz CT molecular complexity index is 464. The molecule has 1 aromatic carbocycles. The van der Waals surface area contributed by atoms with E-state index in [9.17, 15) is 10.1 Å². The summed E-state index contributed by atoms with van der Waals surface area (Å²) >= 11 is 0. The lowest BCUT2D eigenvalue weighted by Crippen LogP contribution is -2.29. The van der Waals surface area contributed by atoms with Crippen LogP contribution in [0.4, 0.5) is 11.4 Å². The maximum atomic E-state index is 10.7. The molecule has 1 fully saturated rings. The first-order valence-electron chi connectivity index (χ1n) is 6.44. The van der Waals surface area contributed by atoms with E-state index in [1.54, 1.807) is 6.07 Å². The molecule has 1 aliphatic carbocycles. The maximum absolute atomic E-state index is 10.7. The number of nitrogens with one attached hydrogen (secondary N) is 1. The first-order valence-corrected chi connectivity index (χ1v) is 6.44. The van der Waals surface area contributed by atoms with Crippen LogP contribution in [0.25, 0.3) is 0 Å². The lowest BCUT2D eigenvalue weighted by Gasteiger charge is -2.22. The average Bonchev–Trinajstić information content (AvgIpc) is 2.86. The highest BCUT2D eigenvalue weighted by Crippen LogP contribution is 2.33. The standard InChI is InChI=1S/C13H19N3O3/c1-19-13-7-10(16(17)18)5-6-12(13)15-11-4-2-3-9(11)8-14/h5-7,9,11,15H,2-4,8,14H2,1H3. The van der Waals surface area contributed by atoms with Crippen LogP contribution in [0.5, 0.6) is 5.75 Å². The summed E-state index contributed by atoms with van der Waals surface area (Å²) in [6, 6.07) is 4.94. The number of nitrogens with zero attached hydrogens (tertiary/aromatic N) is 1. The van der Waals surface area contributed by atoms with Crippen LogP contribution in [-0.4, -0.2) is 24.6 Å². The SMILES string of the molecule is COc1cc([N+](=O)[O-])ccc1NC1CCCC1CN. The van der Waals surface area contributed by atoms with E-state index in [-0.39, 0.29) is 5.69 Å². The van der Waals surface area contributed by atoms with E-state index in [1.807, 2.05) is 0 Å². The third kappa shape index (κ3) is 2.96. The van der Waals surface area contributed by atoms with Crippen LogP contribution in [0.3, 0.4) is 0 Å². The van der Waals surface area contributed by atoms with Gasteiger partial charge in [-0.25, -0.2) is 0 Å². The fourth-order valence-electron chi connectivity index (χ4n) is 2.62. The molecule has 0 spiro atoms. The van der Waals surface area contributed by atoms with Gasteiger partial charge in [0, 0.05) is 12.1 Å². The molecular formula is C13H19N3O3. The first-order chi connectivity index (χ1) is 9.15. The molecule has 2 atom stereocenters. The Morgan fingerprint density at radius 1 is 1.53 bits per heavy atom. The molecule has 1 aliphatic rings. The van der Waals surface area contributed by atoms with E-state index in [0.29, 0.717) is 24.3 Å². The molecule has 2 rings (SSSR count). The van der Waals surface area contributed by atoms with Crippen molar-refractivity contribution in [3.05, 3.63) is 28.3 Å². The Labute approximate surface area is 112 Å². The van der Waals surface area contributed by atoms with Gasteiger partial charge in [-0.15, -0.1) is 0 Å². The zero-order valence-corrected chi connectivity index (χ0v) is 11.0. The molecular weight excluding hydrogens is 246 g/mol. The summed E-state index contributed by atoms with van der Waals surface area (Å²) in [7, 11) is 1.51. The molecule has 1 aromatic rings. The molecule has 19 heavy (non-hydrogen) atoms. The van der Waals surface area contributed by atoms with E-state index in [2.05, 4.69) is 5.32 Å². The second-order valence-corrected chi connectivity index (χ2v) is 4.82. The molecule has 0 aliphatic heterocycles. The number of non-ortho nitro benzene ring substituents is 1. The van der Waals surface area contributed by atoms with Crippen molar-refractivity contribution in [2.75, 3.05) is 19.0 Å². The second kappa shape index (κ2) is 5.88. The minimum atomic E-state index is -0.426. The Kier molecular flexibility index (Phi) is 4.21. The number of ether oxygens (including phenoxy) is 1. The highest BCUT2D eigenvalue weighted by Gasteiger charge is 2.26. The second-order valence-electron chi connectivity index (χ2n) is 4.82. The van der Waals surface area contributed by atoms with Gasteiger partial charge in [0.25, 0.3) is 5.69 Å². The number of hydrogen-bond acceptors (Lipinski definition) is 5. The predicted molar refractivity (Wildman–Crippen MR) is 73.5 cm³/mol. The van der Waals surface area contributed by atoms with Crippen LogP contribution in [0.15, 0.2) is 18.2 Å². The van der Waals surface area contributed by atoms with Gasteiger partial charge in [0.1, 0.15) is 5.75 Å². The fraction of sp³-hybridized carbons (Fsp3) is 0.538. The van der Waals surface area contributed by atoms with Crippen molar-refractivity contribution in [3.63, 3.8) is 0 Å². The molecule has 6 heteroatoms. The van der Waals surface area contributed by atoms with Gasteiger partial charge in [-0.2, -0.15) is 0 Å². The van der Waals surface area contributed by atoms with Crippen molar-refractivity contribution in [2.45, 2.75) is 25.3 Å². The van der Waals surface area contributed by atoms with Crippen molar-refractivity contribution in [1.82, 2.24) is 0 Å². The van der Waals surface area contributed by atoms with Gasteiger partial charge in [0.05, 0.1) is 23.8 Å². The molecule has 0 heterocycles. The van der Waals surface area contributed by atoms with Crippen LogP contribution in [0, 0.1) is 16.0 Å². The lowest BCUT2D eigenvalue weighted by molar-refractivity contribution is -0.384. The average molecular weight is 265 g/mol. The number of rotatable bonds is 5. The topological polar surface area (TPSA) is 90.4 Å². The summed E-state index contributed by atoms with van der Waals surface area (Å²) < 4.78 is 5.22. The van der Waals surface area contributed by atoms with Gasteiger partial charge in [-0.1, -0.05) is 6.42 Å². The number of nitro groups is 1. The number of hydrogen-bond donors (Lipinski definition) is 2. The summed E-state index contributed by atoms with van der Waals surface area (Å²) in [5.74, 6) is 0.955. The summed E-state index contributed by atoms with van der Waals surface area (Å²) in [6.45, 7) is 0.660. The van der Waals surface area contributed by atoms with Gasteiger partial charge in [-0.3, -0.25) is 10.1 Å². The number of methoxy groups -OCH3 is 1. The van der Waals surface area contributed by atoms with E-state index in [1.165, 1.54) is 19.2 Å². The largest absolute Gasteiger partial charge is 0.494 e. The van der Waals surface area contributed by atoms with Crippen LogP contribution >= 0.6 is 0 Å². The van der Waals surface area contributed by atoms with Crippen LogP contribution < -0.4 is 15.8 Å². The van der Waals surface area contributed by atoms with Crippen molar-refractivity contribution < 1.29 is 9.66 Å². The molecule has 0 saturated heterocycles. The molecule has 0 amide bonds. The first kappa shape index (κ1) is 13.6. The zero-order chi connectivity index (χ0) is 13.8. The number of nitro benzene ring substituents is 1. The smallest absolute Gasteiger partial charge is 0.273 e. The quantitative estimate of drug-likeness (QED) is 0.628. The minimum absolute atomic E-state index is 0.0317. The Balaban J connectivity index is 2.17. The normalized spacial score (nSPS) is 22.2. The molecule has 0 aromatic heterocycles. The molecule has 0 radical (unpaired) electrons. The molecule has 104 valence electrons. The van der Waals surface area contributed by atoms with E-state index in [4.69, 9.17) is 10.5 Å². The number of benzene rings is 1. The van der Waals surface area contributed by atoms with Crippen molar-refractivity contribution in [1.29, 1.82) is 0 Å². The van der Waals surface area contributed by atoms with E-state index in [0.717, 1.165) is 24.9 Å². The van der Waals surface area contributed by atoms with Crippen molar-refractivity contribution in [2.24, 2.45) is 11.7 Å². The maximum Gasteiger partial charge on any atom is 0.273 e. The number of nitrogens with two attached hydrogens (primary N) is 1. The van der Waals surface area contributed by atoms with Crippen LogP contribution in [0.1, 0.15) is 19.3 Å². The van der Waals surface area contributed by atoms with Gasteiger partial charge < -0.3 is 15.8 Å². The van der Waals surface area contributed by atoms with Gasteiger partial charge in [0.15, 0.2) is 0 Å². The van der Waals surface area contributed by atoms with Gasteiger partial charge >= 0.3 is 0 Å². The monoisotopic (exact) mass is 265 g/mol. The predicted octanol–water partition coefficient (Wildman–Crippen LogP) is 2.14. The molecule has 0 bridgehead atoms. The highest BCUT2D eigenvalue weighted by molar-refractivity contribution is 5.61. The van der Waals surface area contributed by atoms with Gasteiger partial charge in [-0.05, 0) is 31.4 Å². The molecule has 2 unspecified atom stereocenters. The summed E-state index contributed by atoms with van der Waals surface area (Å²) in [4.78, 5) is 10.3. The van der Waals surface area contributed by atoms with Crippen LogP contribution in [0.2, 0.25) is 0 Å². The zero-order valence-electron chi connectivity index (χ0n) is 11.0. The van der Waals surface area contributed by atoms with Crippen molar-refractivity contribution >= 4 is 11.4 Å². The lowest BCUT2D eigenvalue weighted by atomic mass is 10.0. The molecule has 6 nitrogen and oxygen atoms in total. The fourth-order valence-corrected chi connectivity index (χ4v) is 2.62. The van der Waals surface area contributed by atoms with E-state index < -0.39 is 4.92 Å². The summed E-state index contributed by atoms with van der Waals surface area (Å²) in [5, 5.41) is 14.1. The third-order valence-corrected chi connectivity index (χ3v) is 3.70. The van der Waals surface area contributed by atoms with Crippen LogP contribution in [-0.2, 0) is 0 Å². The summed E-state index contributed by atoms with van der Waals surface area (Å²) in [5.41, 5.74) is 6.57. The number of anilines is 1. The summed E-state index contributed by atoms with van der Waals surface area (Å²) in [6.07, 6.45) is 3.36. The Morgan fingerprint density at radius 2 is 2.32 bits per heavy atom.